The summed E-state index contributed by atoms with van der Waals surface area (Å²) in [6, 6.07) is 4.78. The molecule has 1 aromatic rings. The van der Waals surface area contributed by atoms with Gasteiger partial charge in [-0.25, -0.2) is 0 Å². The minimum atomic E-state index is -0.541. The van der Waals surface area contributed by atoms with Gasteiger partial charge in [-0.3, -0.25) is 19.7 Å². The van der Waals surface area contributed by atoms with Crippen LogP contribution in [0.15, 0.2) is 36.9 Å². The van der Waals surface area contributed by atoms with Crippen LogP contribution < -0.4 is 5.32 Å². The number of carbonyl (C=O) groups excluding carboxylic acids is 2. The monoisotopic (exact) mass is 380 g/mol. The second-order valence-corrected chi connectivity index (χ2v) is 5.47. The Labute approximate surface area is 157 Å². The van der Waals surface area contributed by atoms with Crippen LogP contribution >= 0.6 is 0 Å². The van der Waals surface area contributed by atoms with Crippen LogP contribution in [0.1, 0.15) is 30.1 Å². The summed E-state index contributed by atoms with van der Waals surface area (Å²) in [5.74, 6) is -0.830. The lowest BCUT2D eigenvalue weighted by atomic mass is 10.1. The Morgan fingerprint density at radius 1 is 1.30 bits per heavy atom. The van der Waals surface area contributed by atoms with Gasteiger partial charge in [-0.15, -0.1) is 0 Å². The molecule has 0 saturated heterocycles. The molecule has 0 aliphatic carbocycles. The predicted octanol–water partition coefficient (Wildman–Crippen LogP) is 2.21. The number of carbonyl (C=O) groups is 2. The first-order chi connectivity index (χ1) is 13.0. The van der Waals surface area contributed by atoms with Crippen molar-refractivity contribution in [3.05, 3.63) is 52.6 Å². The van der Waals surface area contributed by atoms with Gasteiger partial charge >= 0.3 is 5.97 Å². The predicted molar refractivity (Wildman–Crippen MR) is 97.2 cm³/mol. The summed E-state index contributed by atoms with van der Waals surface area (Å²) < 4.78 is 15.3. The van der Waals surface area contributed by atoms with Crippen molar-refractivity contribution in [1.82, 2.24) is 5.32 Å². The second-order valence-electron chi connectivity index (χ2n) is 5.47. The Morgan fingerprint density at radius 3 is 2.59 bits per heavy atom. The van der Waals surface area contributed by atoms with Crippen molar-refractivity contribution in [2.24, 2.45) is 0 Å². The van der Waals surface area contributed by atoms with Gasteiger partial charge in [-0.05, 0) is 25.5 Å². The summed E-state index contributed by atoms with van der Waals surface area (Å²) in [6.07, 6.45) is 1.87. The highest BCUT2D eigenvalue weighted by molar-refractivity contribution is 5.94. The van der Waals surface area contributed by atoms with Crippen LogP contribution in [0.3, 0.4) is 0 Å². The minimum absolute atomic E-state index is 0.0707. The molecular weight excluding hydrogens is 356 g/mol. The Morgan fingerprint density at radius 2 is 2.00 bits per heavy atom. The second kappa shape index (κ2) is 12.6. The molecule has 0 radical (unpaired) electrons. The average Bonchev–Trinajstić information content (AvgIpc) is 2.67. The van der Waals surface area contributed by atoms with Crippen molar-refractivity contribution in [2.45, 2.75) is 25.8 Å². The fraction of sp³-hybridized carbons (Fsp3) is 0.444. The average molecular weight is 380 g/mol. The highest BCUT2D eigenvalue weighted by Crippen LogP contribution is 2.12. The number of benzene rings is 1. The molecule has 0 aliphatic heterocycles. The van der Waals surface area contributed by atoms with Crippen molar-refractivity contribution < 1.29 is 28.7 Å². The van der Waals surface area contributed by atoms with Gasteiger partial charge in [-0.1, -0.05) is 12.7 Å². The van der Waals surface area contributed by atoms with E-state index in [2.05, 4.69) is 11.9 Å². The summed E-state index contributed by atoms with van der Waals surface area (Å²) in [5.41, 5.74) is 0.165. The van der Waals surface area contributed by atoms with E-state index in [0.29, 0.717) is 13.0 Å². The highest BCUT2D eigenvalue weighted by Gasteiger charge is 2.17. The van der Waals surface area contributed by atoms with E-state index in [9.17, 15) is 19.7 Å². The van der Waals surface area contributed by atoms with Gasteiger partial charge in [0.2, 0.25) is 0 Å². The van der Waals surface area contributed by atoms with Crippen molar-refractivity contribution in [3.63, 3.8) is 0 Å². The van der Waals surface area contributed by atoms with Crippen LogP contribution in [0.5, 0.6) is 0 Å². The molecule has 0 heterocycles. The highest BCUT2D eigenvalue weighted by atomic mass is 16.7. The van der Waals surface area contributed by atoms with E-state index in [1.54, 1.807) is 0 Å². The number of hydrogen-bond donors (Lipinski definition) is 1. The molecule has 1 rings (SSSR count). The van der Waals surface area contributed by atoms with Crippen LogP contribution in [0, 0.1) is 10.1 Å². The first-order valence-electron chi connectivity index (χ1n) is 8.45. The molecule has 0 fully saturated rings. The molecule has 27 heavy (non-hydrogen) atoms. The number of amides is 1. The van der Waals surface area contributed by atoms with Gasteiger partial charge in [0.15, 0.2) is 0 Å². The fourth-order valence-corrected chi connectivity index (χ4v) is 2.05. The van der Waals surface area contributed by atoms with E-state index < -0.39 is 22.8 Å². The molecule has 1 amide bonds. The fourth-order valence-electron chi connectivity index (χ4n) is 2.05. The molecule has 0 aromatic heterocycles. The molecule has 1 aromatic carbocycles. The third kappa shape index (κ3) is 8.93. The number of nitro groups is 1. The molecule has 0 unspecified atom stereocenters. The zero-order valence-corrected chi connectivity index (χ0v) is 15.2. The van der Waals surface area contributed by atoms with Crippen LogP contribution in [-0.2, 0) is 19.0 Å². The zero-order chi connectivity index (χ0) is 20.1. The summed E-state index contributed by atoms with van der Waals surface area (Å²) in [6.45, 7) is 6.13. The van der Waals surface area contributed by atoms with E-state index in [4.69, 9.17) is 14.2 Å². The minimum Gasteiger partial charge on any atom is -0.461 e. The van der Waals surface area contributed by atoms with Gasteiger partial charge < -0.3 is 19.5 Å². The number of nitrogens with one attached hydrogen (secondary N) is 1. The van der Waals surface area contributed by atoms with Crippen LogP contribution in [0.2, 0.25) is 0 Å². The summed E-state index contributed by atoms with van der Waals surface area (Å²) in [7, 11) is 0. The van der Waals surface area contributed by atoms with Gasteiger partial charge in [0.05, 0.1) is 17.6 Å². The number of ether oxygens (including phenoxy) is 3. The molecule has 9 nitrogen and oxygen atoms in total. The summed E-state index contributed by atoms with van der Waals surface area (Å²) in [4.78, 5) is 34.1. The maximum absolute atomic E-state index is 12.3. The molecule has 0 spiro atoms. The van der Waals surface area contributed by atoms with Gasteiger partial charge in [0.1, 0.15) is 13.4 Å². The van der Waals surface area contributed by atoms with Gasteiger partial charge in [0.25, 0.3) is 11.6 Å². The molecule has 1 N–H and O–H groups in total. The van der Waals surface area contributed by atoms with E-state index in [0.717, 1.165) is 0 Å². The van der Waals surface area contributed by atoms with Crippen molar-refractivity contribution in [3.8, 4) is 0 Å². The van der Waals surface area contributed by atoms with E-state index in [-0.39, 0.29) is 37.7 Å². The first-order valence-corrected chi connectivity index (χ1v) is 8.45. The van der Waals surface area contributed by atoms with Crippen molar-refractivity contribution in [1.29, 1.82) is 0 Å². The topological polar surface area (TPSA) is 117 Å². The molecule has 0 bridgehead atoms. The van der Waals surface area contributed by atoms with Crippen molar-refractivity contribution >= 4 is 17.6 Å². The number of hydrogen-bond acceptors (Lipinski definition) is 7. The zero-order valence-electron chi connectivity index (χ0n) is 15.2. The van der Waals surface area contributed by atoms with Crippen LogP contribution in [0.25, 0.3) is 0 Å². The Kier molecular flexibility index (Phi) is 10.4. The quantitative estimate of drug-likeness (QED) is 0.139. The number of nitro benzene ring substituents is 1. The van der Waals surface area contributed by atoms with Crippen molar-refractivity contribution in [2.75, 3.05) is 26.6 Å². The normalized spacial score (nSPS) is 11.4. The summed E-state index contributed by atoms with van der Waals surface area (Å²) >= 11 is 0. The standard InChI is InChI=1S/C18H24N2O7/c1-3-11-27-17(21)10-7-15(12-26-13-25-4-2)19-18(22)14-5-8-16(9-6-14)20(23)24/h3,5-6,8-9,15H,1,4,7,10-13H2,2H3,(H,19,22)/t15-/m0/s1. The van der Waals surface area contributed by atoms with E-state index in [1.165, 1.54) is 30.3 Å². The third-order valence-corrected chi connectivity index (χ3v) is 3.42. The van der Waals surface area contributed by atoms with Crippen LogP contribution in [-0.4, -0.2) is 49.5 Å². The Bertz CT molecular complexity index is 631. The maximum Gasteiger partial charge on any atom is 0.306 e. The first kappa shape index (κ1) is 22.3. The SMILES string of the molecule is C=CCOC(=O)CC[C@@H](COCOCC)NC(=O)c1ccc([N+](=O)[O-])cc1. The lowest BCUT2D eigenvalue weighted by Gasteiger charge is -2.18. The smallest absolute Gasteiger partial charge is 0.306 e. The number of esters is 1. The van der Waals surface area contributed by atoms with E-state index >= 15 is 0 Å². The molecule has 9 heteroatoms. The molecule has 0 saturated carbocycles. The molecule has 0 aliphatic rings. The number of non-ortho nitro benzene ring substituents is 1. The molecule has 1 atom stereocenters. The largest absolute Gasteiger partial charge is 0.461 e. The maximum atomic E-state index is 12.3. The molecular formula is C18H24N2O7. The number of nitrogens with zero attached hydrogens (tertiary/aromatic N) is 1. The Hall–Kier alpha value is -2.78. The summed E-state index contributed by atoms with van der Waals surface area (Å²) in [5, 5.41) is 13.4. The molecule has 148 valence electrons. The van der Waals surface area contributed by atoms with Gasteiger partial charge in [0, 0.05) is 30.7 Å². The van der Waals surface area contributed by atoms with Gasteiger partial charge in [-0.2, -0.15) is 0 Å². The lowest BCUT2D eigenvalue weighted by molar-refractivity contribution is -0.384. The van der Waals surface area contributed by atoms with E-state index in [1.807, 2.05) is 6.92 Å². The van der Waals surface area contributed by atoms with Crippen LogP contribution in [0.4, 0.5) is 5.69 Å². The number of rotatable bonds is 13. The third-order valence-electron chi connectivity index (χ3n) is 3.42. The Balaban J connectivity index is 2.63. The lowest BCUT2D eigenvalue weighted by Crippen LogP contribution is -2.39.